The van der Waals surface area contributed by atoms with Crippen LogP contribution in [0.3, 0.4) is 0 Å². The Morgan fingerprint density at radius 2 is 1.78 bits per heavy atom. The highest BCUT2D eigenvalue weighted by Crippen LogP contribution is 2.30. The molecular weight excluding hydrogens is 524 g/mol. The van der Waals surface area contributed by atoms with Crippen LogP contribution in [0.25, 0.3) is 22.0 Å². The highest BCUT2D eigenvalue weighted by atomic mass is 19.1. The zero-order chi connectivity index (χ0) is 28.9. The summed E-state index contributed by atoms with van der Waals surface area (Å²) in [6.07, 6.45) is 3.55. The Labute approximate surface area is 235 Å². The summed E-state index contributed by atoms with van der Waals surface area (Å²) in [5.41, 5.74) is 11.1. The lowest BCUT2D eigenvalue weighted by Crippen LogP contribution is -2.32. The molecule has 0 radical (unpaired) electrons. The molecule has 0 spiro atoms. The first-order valence-corrected chi connectivity index (χ1v) is 13.2. The Morgan fingerprint density at radius 1 is 0.976 bits per heavy atom. The molecule has 2 aromatic heterocycles. The van der Waals surface area contributed by atoms with Crippen LogP contribution in [-0.2, 0) is 24.2 Å². The van der Waals surface area contributed by atoms with E-state index in [1.807, 2.05) is 30.3 Å². The van der Waals surface area contributed by atoms with Gasteiger partial charge in [0.1, 0.15) is 11.6 Å². The number of halogens is 2. The van der Waals surface area contributed by atoms with E-state index in [1.165, 1.54) is 12.1 Å². The van der Waals surface area contributed by atoms with Crippen LogP contribution >= 0.6 is 0 Å². The molecule has 0 aliphatic rings. The Bertz CT molecular complexity index is 1710. The van der Waals surface area contributed by atoms with Crippen LogP contribution in [0.5, 0.6) is 0 Å². The zero-order valence-electron chi connectivity index (χ0n) is 22.4. The first-order chi connectivity index (χ1) is 19.8. The quantitative estimate of drug-likeness (QED) is 0.206. The van der Waals surface area contributed by atoms with Gasteiger partial charge in [-0.1, -0.05) is 30.3 Å². The number of fused-ring (bicyclic) bond motifs is 1. The third kappa shape index (κ3) is 6.31. The van der Waals surface area contributed by atoms with E-state index in [9.17, 15) is 18.4 Å². The van der Waals surface area contributed by atoms with Crippen molar-refractivity contribution in [3.63, 3.8) is 0 Å². The Kier molecular flexibility index (Phi) is 8.16. The van der Waals surface area contributed by atoms with Gasteiger partial charge in [-0.2, -0.15) is 0 Å². The molecule has 0 aliphatic carbocycles. The fourth-order valence-corrected chi connectivity index (χ4v) is 5.02. The number of pyridine rings is 1. The molecule has 0 aliphatic heterocycles. The first kappa shape index (κ1) is 27.7. The first-order valence-electron chi connectivity index (χ1n) is 13.2. The third-order valence-electron chi connectivity index (χ3n) is 6.95. The van der Waals surface area contributed by atoms with Gasteiger partial charge in [0.2, 0.25) is 5.91 Å². The molecular formula is C32H29F2N5O2. The summed E-state index contributed by atoms with van der Waals surface area (Å²) in [5.74, 6) is -1.94. The summed E-state index contributed by atoms with van der Waals surface area (Å²) >= 11 is 0. The number of carbonyl (C=O) groups excluding carboxylic acids is 2. The summed E-state index contributed by atoms with van der Waals surface area (Å²) in [5, 5.41) is 6.57. The molecule has 0 fully saturated rings. The number of rotatable bonds is 9. The topological polar surface area (TPSA) is 113 Å². The lowest BCUT2D eigenvalue weighted by molar-refractivity contribution is -0.121. The number of hydrogen-bond acceptors (Lipinski definition) is 4. The summed E-state index contributed by atoms with van der Waals surface area (Å²) in [7, 11) is 1.55. The number of H-pyrrole nitrogens is 1. The minimum absolute atomic E-state index is 0.0737. The van der Waals surface area contributed by atoms with Crippen molar-refractivity contribution in [2.45, 2.75) is 25.4 Å². The Balaban J connectivity index is 1.50. The molecule has 5 rings (SSSR count). The molecule has 208 valence electrons. The minimum Gasteiger partial charge on any atom is -0.361 e. The number of benzene rings is 3. The second-order valence-electron chi connectivity index (χ2n) is 9.77. The van der Waals surface area contributed by atoms with E-state index in [-0.39, 0.29) is 24.7 Å². The molecule has 7 nitrogen and oxygen atoms in total. The van der Waals surface area contributed by atoms with Crippen molar-refractivity contribution >= 4 is 22.7 Å². The number of nitrogens with two attached hydrogens (primary N) is 1. The SMILES string of the molecule is CNC(=O)c1cccc(-c2cccnc2[C@H](Cc2cc(F)cc(F)c2)NC(=O)Cc2c[nH]c3cc(CN)ccc23)c1. The van der Waals surface area contributed by atoms with E-state index in [2.05, 4.69) is 20.6 Å². The molecule has 5 N–H and O–H groups in total. The van der Waals surface area contributed by atoms with Crippen molar-refractivity contribution in [3.8, 4) is 11.1 Å². The van der Waals surface area contributed by atoms with Crippen LogP contribution < -0.4 is 16.4 Å². The number of aromatic nitrogens is 2. The Hall–Kier alpha value is -4.89. The van der Waals surface area contributed by atoms with Crippen molar-refractivity contribution in [2.24, 2.45) is 5.73 Å². The van der Waals surface area contributed by atoms with Gasteiger partial charge in [-0.3, -0.25) is 14.6 Å². The second kappa shape index (κ2) is 12.1. The van der Waals surface area contributed by atoms with E-state index in [0.717, 1.165) is 28.1 Å². The van der Waals surface area contributed by atoms with Crippen LogP contribution in [0.15, 0.2) is 85.2 Å². The minimum atomic E-state index is -0.724. The summed E-state index contributed by atoms with van der Waals surface area (Å²) in [4.78, 5) is 33.5. The van der Waals surface area contributed by atoms with Gasteiger partial charge in [0.05, 0.1) is 18.2 Å². The number of hydrogen-bond donors (Lipinski definition) is 4. The van der Waals surface area contributed by atoms with Crippen molar-refractivity contribution in [3.05, 3.63) is 125 Å². The molecule has 2 amide bonds. The van der Waals surface area contributed by atoms with E-state index < -0.39 is 17.7 Å². The van der Waals surface area contributed by atoms with Gasteiger partial charge in [-0.15, -0.1) is 0 Å². The average molecular weight is 554 g/mol. The molecule has 3 aromatic carbocycles. The van der Waals surface area contributed by atoms with Gasteiger partial charge >= 0.3 is 0 Å². The number of nitrogens with zero attached hydrogens (tertiary/aromatic N) is 1. The van der Waals surface area contributed by atoms with Crippen LogP contribution in [-0.4, -0.2) is 28.8 Å². The smallest absolute Gasteiger partial charge is 0.251 e. The maximum absolute atomic E-state index is 14.1. The van der Waals surface area contributed by atoms with Crippen molar-refractivity contribution in [1.29, 1.82) is 0 Å². The van der Waals surface area contributed by atoms with Gasteiger partial charge in [-0.05, 0) is 65.1 Å². The van der Waals surface area contributed by atoms with Gasteiger partial charge in [0, 0.05) is 54.1 Å². The highest BCUT2D eigenvalue weighted by Gasteiger charge is 2.22. The number of carbonyl (C=O) groups is 2. The number of amides is 2. The van der Waals surface area contributed by atoms with Gasteiger partial charge in [0.15, 0.2) is 0 Å². The van der Waals surface area contributed by atoms with Crippen molar-refractivity contribution < 1.29 is 18.4 Å². The largest absolute Gasteiger partial charge is 0.361 e. The molecule has 9 heteroatoms. The molecule has 5 aromatic rings. The van der Waals surface area contributed by atoms with Gasteiger partial charge < -0.3 is 21.4 Å². The van der Waals surface area contributed by atoms with E-state index in [0.29, 0.717) is 34.5 Å². The highest BCUT2D eigenvalue weighted by molar-refractivity contribution is 5.95. The van der Waals surface area contributed by atoms with Crippen LogP contribution in [0, 0.1) is 11.6 Å². The molecule has 2 heterocycles. The van der Waals surface area contributed by atoms with Crippen LogP contribution in [0.4, 0.5) is 8.78 Å². The maximum atomic E-state index is 14.1. The fraction of sp³-hybridized carbons (Fsp3) is 0.156. The summed E-state index contributed by atoms with van der Waals surface area (Å²) in [6.45, 7) is 0.408. The van der Waals surface area contributed by atoms with Crippen molar-refractivity contribution in [1.82, 2.24) is 20.6 Å². The molecule has 0 saturated carbocycles. The molecule has 41 heavy (non-hydrogen) atoms. The molecule has 0 unspecified atom stereocenters. The average Bonchev–Trinajstić information content (AvgIpc) is 3.37. The zero-order valence-corrected chi connectivity index (χ0v) is 22.4. The molecule has 1 atom stereocenters. The predicted molar refractivity (Wildman–Crippen MR) is 154 cm³/mol. The summed E-state index contributed by atoms with van der Waals surface area (Å²) in [6, 6.07) is 19.0. The second-order valence-corrected chi connectivity index (χ2v) is 9.77. The third-order valence-corrected chi connectivity index (χ3v) is 6.95. The van der Waals surface area contributed by atoms with E-state index in [4.69, 9.17) is 5.73 Å². The molecule has 0 saturated heterocycles. The summed E-state index contributed by atoms with van der Waals surface area (Å²) < 4.78 is 28.2. The molecule has 0 bridgehead atoms. The normalized spacial score (nSPS) is 11.8. The van der Waals surface area contributed by atoms with Crippen LogP contribution in [0.2, 0.25) is 0 Å². The van der Waals surface area contributed by atoms with Crippen LogP contribution in [0.1, 0.15) is 38.8 Å². The van der Waals surface area contributed by atoms with E-state index in [1.54, 1.807) is 43.7 Å². The lowest BCUT2D eigenvalue weighted by Gasteiger charge is -2.22. The standard InChI is InChI=1S/C32H29F2N5O2/c1-36-32(41)22-5-2-4-21(14-22)27-6-3-9-37-31(27)29(13-20-10-24(33)16-25(34)11-20)39-30(40)15-23-18-38-28-12-19(17-35)7-8-26(23)28/h2-12,14,16,18,29,38H,13,15,17,35H2,1H3,(H,36,41)(H,39,40)/t29-/m0/s1. The van der Waals surface area contributed by atoms with Crippen molar-refractivity contribution in [2.75, 3.05) is 7.05 Å². The monoisotopic (exact) mass is 553 g/mol. The number of nitrogens with one attached hydrogen (secondary N) is 3. The van der Waals surface area contributed by atoms with Gasteiger partial charge in [-0.25, -0.2) is 8.78 Å². The van der Waals surface area contributed by atoms with E-state index >= 15 is 0 Å². The predicted octanol–water partition coefficient (Wildman–Crippen LogP) is 4.97. The lowest BCUT2D eigenvalue weighted by atomic mass is 9.94. The maximum Gasteiger partial charge on any atom is 0.251 e. The van der Waals surface area contributed by atoms with Gasteiger partial charge in [0.25, 0.3) is 5.91 Å². The number of aromatic amines is 1. The Morgan fingerprint density at radius 3 is 2.54 bits per heavy atom. The fourth-order valence-electron chi connectivity index (χ4n) is 5.02.